The highest BCUT2D eigenvalue weighted by Crippen LogP contribution is 2.20. The molecule has 1 aromatic rings. The standard InChI is InChI=1S/C11H14N4O4/c1-6-2-8(7(3-14-6)11(18)19)15(4-9(12)16)5-10(13)17/h2-3H,4-5H2,1H3,(H2,12,16)(H2,13,17)(H,18,19). The molecule has 0 saturated heterocycles. The fraction of sp³-hybridized carbons (Fsp3) is 0.273. The van der Waals surface area contributed by atoms with Gasteiger partial charge in [-0.15, -0.1) is 0 Å². The predicted octanol–water partition coefficient (Wildman–Crippen LogP) is -1.13. The molecule has 0 saturated carbocycles. The molecule has 2 amide bonds. The van der Waals surface area contributed by atoms with Gasteiger partial charge in [-0.1, -0.05) is 0 Å². The number of carbonyl (C=O) groups excluding carboxylic acids is 2. The van der Waals surface area contributed by atoms with Gasteiger partial charge in [0.2, 0.25) is 11.8 Å². The van der Waals surface area contributed by atoms with Crippen LogP contribution in [-0.4, -0.2) is 41.0 Å². The third-order valence-electron chi connectivity index (χ3n) is 2.28. The number of primary amides is 2. The molecule has 0 aliphatic carbocycles. The monoisotopic (exact) mass is 266 g/mol. The van der Waals surface area contributed by atoms with Gasteiger partial charge >= 0.3 is 5.97 Å². The first kappa shape index (κ1) is 14.4. The number of aryl methyl sites for hydroxylation is 1. The highest BCUT2D eigenvalue weighted by atomic mass is 16.4. The van der Waals surface area contributed by atoms with Gasteiger partial charge in [0.25, 0.3) is 0 Å². The molecule has 0 aliphatic rings. The van der Waals surface area contributed by atoms with Gasteiger partial charge in [0, 0.05) is 11.9 Å². The average molecular weight is 266 g/mol. The third kappa shape index (κ3) is 3.95. The normalized spacial score (nSPS) is 9.95. The van der Waals surface area contributed by atoms with Crippen molar-refractivity contribution in [1.29, 1.82) is 0 Å². The molecule has 19 heavy (non-hydrogen) atoms. The molecule has 5 N–H and O–H groups in total. The maximum absolute atomic E-state index is 11.1. The first-order chi connectivity index (χ1) is 8.81. The lowest BCUT2D eigenvalue weighted by Gasteiger charge is -2.23. The van der Waals surface area contributed by atoms with Crippen molar-refractivity contribution < 1.29 is 19.5 Å². The quantitative estimate of drug-likeness (QED) is 0.595. The highest BCUT2D eigenvalue weighted by Gasteiger charge is 2.19. The molecule has 0 unspecified atom stereocenters. The second-order valence-corrected chi connectivity index (χ2v) is 3.94. The summed E-state index contributed by atoms with van der Waals surface area (Å²) in [5, 5.41) is 9.07. The Hall–Kier alpha value is -2.64. The zero-order valence-corrected chi connectivity index (χ0v) is 10.3. The van der Waals surface area contributed by atoms with E-state index in [9.17, 15) is 14.4 Å². The van der Waals surface area contributed by atoms with Crippen LogP contribution in [0.4, 0.5) is 5.69 Å². The Morgan fingerprint density at radius 3 is 2.21 bits per heavy atom. The Labute approximate surface area is 109 Å². The molecular weight excluding hydrogens is 252 g/mol. The van der Waals surface area contributed by atoms with E-state index in [4.69, 9.17) is 16.6 Å². The SMILES string of the molecule is Cc1cc(N(CC(N)=O)CC(N)=O)c(C(=O)O)cn1. The predicted molar refractivity (Wildman–Crippen MR) is 66.5 cm³/mol. The van der Waals surface area contributed by atoms with E-state index < -0.39 is 17.8 Å². The topological polar surface area (TPSA) is 140 Å². The number of pyridine rings is 1. The van der Waals surface area contributed by atoms with Crippen molar-refractivity contribution in [3.05, 3.63) is 23.5 Å². The van der Waals surface area contributed by atoms with Gasteiger partial charge in [-0.25, -0.2) is 4.79 Å². The number of hydrogen-bond acceptors (Lipinski definition) is 5. The molecule has 8 heteroatoms. The number of carbonyl (C=O) groups is 3. The van der Waals surface area contributed by atoms with Crippen LogP contribution in [0.1, 0.15) is 16.1 Å². The number of amides is 2. The van der Waals surface area contributed by atoms with E-state index >= 15 is 0 Å². The number of carboxylic acid groups (broad SMARTS) is 1. The van der Waals surface area contributed by atoms with Gasteiger partial charge in [0.1, 0.15) is 5.56 Å². The molecule has 0 atom stereocenters. The summed E-state index contributed by atoms with van der Waals surface area (Å²) in [5.74, 6) is -2.62. The minimum absolute atomic E-state index is 0.131. The maximum atomic E-state index is 11.1. The Morgan fingerprint density at radius 1 is 1.26 bits per heavy atom. The number of rotatable bonds is 6. The minimum atomic E-state index is -1.22. The van der Waals surface area contributed by atoms with Crippen LogP contribution in [0.3, 0.4) is 0 Å². The van der Waals surface area contributed by atoms with E-state index in [0.717, 1.165) is 6.20 Å². The molecule has 0 aliphatic heterocycles. The van der Waals surface area contributed by atoms with Crippen LogP contribution in [0.15, 0.2) is 12.3 Å². The molecule has 102 valence electrons. The molecule has 0 radical (unpaired) electrons. The summed E-state index contributed by atoms with van der Waals surface area (Å²) >= 11 is 0. The zero-order chi connectivity index (χ0) is 14.6. The second-order valence-electron chi connectivity index (χ2n) is 3.94. The number of anilines is 1. The van der Waals surface area contributed by atoms with Crippen LogP contribution >= 0.6 is 0 Å². The fourth-order valence-electron chi connectivity index (χ4n) is 1.57. The number of carboxylic acids is 1. The Kier molecular flexibility index (Phi) is 4.41. The van der Waals surface area contributed by atoms with Crippen LogP contribution in [0.5, 0.6) is 0 Å². The third-order valence-corrected chi connectivity index (χ3v) is 2.28. The molecule has 1 aromatic heterocycles. The molecule has 0 spiro atoms. The Bertz CT molecular complexity index is 513. The number of aromatic carboxylic acids is 1. The summed E-state index contributed by atoms with van der Waals surface area (Å²) in [6, 6.07) is 1.45. The summed E-state index contributed by atoms with van der Waals surface area (Å²) in [6.07, 6.45) is 1.15. The molecule has 0 fully saturated rings. The largest absolute Gasteiger partial charge is 0.478 e. The van der Waals surface area contributed by atoms with Crippen molar-refractivity contribution in [2.75, 3.05) is 18.0 Å². The van der Waals surface area contributed by atoms with Crippen molar-refractivity contribution in [2.24, 2.45) is 11.5 Å². The lowest BCUT2D eigenvalue weighted by molar-refractivity contribution is -0.117. The van der Waals surface area contributed by atoms with Gasteiger partial charge in [0.15, 0.2) is 0 Å². The summed E-state index contributed by atoms with van der Waals surface area (Å²) in [4.78, 5) is 38.2. The maximum Gasteiger partial charge on any atom is 0.339 e. The lowest BCUT2D eigenvalue weighted by atomic mass is 10.2. The van der Waals surface area contributed by atoms with Crippen molar-refractivity contribution in [2.45, 2.75) is 6.92 Å². The first-order valence-electron chi connectivity index (χ1n) is 5.32. The number of nitrogens with zero attached hydrogens (tertiary/aromatic N) is 2. The van der Waals surface area contributed by atoms with Crippen molar-refractivity contribution >= 4 is 23.5 Å². The van der Waals surface area contributed by atoms with E-state index in [1.807, 2.05) is 0 Å². The molecule has 8 nitrogen and oxygen atoms in total. The Balaban J connectivity index is 3.26. The lowest BCUT2D eigenvalue weighted by Crippen LogP contribution is -2.40. The second kappa shape index (κ2) is 5.80. The summed E-state index contributed by atoms with van der Waals surface area (Å²) < 4.78 is 0. The van der Waals surface area contributed by atoms with Crippen LogP contribution in [-0.2, 0) is 9.59 Å². The summed E-state index contributed by atoms with van der Waals surface area (Å²) in [7, 11) is 0. The van der Waals surface area contributed by atoms with Crippen LogP contribution in [0.2, 0.25) is 0 Å². The highest BCUT2D eigenvalue weighted by molar-refractivity contribution is 5.96. The van der Waals surface area contributed by atoms with E-state index in [1.165, 1.54) is 11.0 Å². The number of aromatic nitrogens is 1. The zero-order valence-electron chi connectivity index (χ0n) is 10.3. The molecule has 0 aromatic carbocycles. The Morgan fingerprint density at radius 2 is 1.79 bits per heavy atom. The van der Waals surface area contributed by atoms with E-state index in [-0.39, 0.29) is 24.3 Å². The van der Waals surface area contributed by atoms with E-state index in [2.05, 4.69) is 4.98 Å². The number of nitrogens with two attached hydrogens (primary N) is 2. The molecular formula is C11H14N4O4. The first-order valence-corrected chi connectivity index (χ1v) is 5.32. The fourth-order valence-corrected chi connectivity index (χ4v) is 1.57. The molecule has 1 rings (SSSR count). The van der Waals surface area contributed by atoms with Crippen molar-refractivity contribution in [1.82, 2.24) is 4.98 Å². The summed E-state index contributed by atoms with van der Waals surface area (Å²) in [5.41, 5.74) is 10.7. The van der Waals surface area contributed by atoms with Crippen molar-refractivity contribution in [3.63, 3.8) is 0 Å². The summed E-state index contributed by atoms with van der Waals surface area (Å²) in [6.45, 7) is 1.03. The number of hydrogen-bond donors (Lipinski definition) is 3. The van der Waals surface area contributed by atoms with Gasteiger partial charge in [-0.2, -0.15) is 0 Å². The smallest absolute Gasteiger partial charge is 0.339 e. The van der Waals surface area contributed by atoms with Crippen LogP contribution in [0.25, 0.3) is 0 Å². The van der Waals surface area contributed by atoms with Gasteiger partial charge in [0.05, 0.1) is 18.8 Å². The van der Waals surface area contributed by atoms with Crippen molar-refractivity contribution in [3.8, 4) is 0 Å². The van der Waals surface area contributed by atoms with E-state index in [0.29, 0.717) is 5.69 Å². The van der Waals surface area contributed by atoms with Crippen LogP contribution < -0.4 is 16.4 Å². The van der Waals surface area contributed by atoms with Gasteiger partial charge in [-0.3, -0.25) is 14.6 Å². The molecule has 0 bridgehead atoms. The van der Waals surface area contributed by atoms with Crippen LogP contribution in [0, 0.1) is 6.92 Å². The van der Waals surface area contributed by atoms with E-state index in [1.54, 1.807) is 6.92 Å². The molecule has 1 heterocycles. The minimum Gasteiger partial charge on any atom is -0.478 e. The van der Waals surface area contributed by atoms with Gasteiger partial charge in [-0.05, 0) is 13.0 Å². The average Bonchev–Trinajstić information content (AvgIpc) is 2.26. The van der Waals surface area contributed by atoms with Gasteiger partial charge < -0.3 is 21.5 Å².